The van der Waals surface area contributed by atoms with Crippen molar-refractivity contribution in [2.24, 2.45) is 35.5 Å². The molecule has 0 bridgehead atoms. The van der Waals surface area contributed by atoms with Gasteiger partial charge in [-0.3, -0.25) is 0 Å². The fraction of sp³-hybridized carbons (Fsp3) is 0.895. The molecule has 2 saturated heterocycles. The lowest BCUT2D eigenvalue weighted by Gasteiger charge is -2.23. The highest BCUT2D eigenvalue weighted by Gasteiger charge is 2.15. The molecule has 0 amide bonds. The van der Waals surface area contributed by atoms with Gasteiger partial charge in [0.1, 0.15) is 0 Å². The summed E-state index contributed by atoms with van der Waals surface area (Å²) in [6.45, 7) is 24.6. The molecule has 1 saturated carbocycles. The van der Waals surface area contributed by atoms with Crippen LogP contribution in [0.1, 0.15) is 159 Å². The number of hydrogen-bond donors (Lipinski definition) is 0. The average molecular weight is 561 g/mol. The van der Waals surface area contributed by atoms with E-state index in [9.17, 15) is 0 Å². The standard InChI is InChI=1S/C8H16.2C8H14.2C7H14O/c3*1-7-3-5-8(2)6-4-7;2*1-6-3-4-7(2)8-5-6/h7-8H,3-6H2,1-2H3;2*3,8H,4-6H2,1-2H3;2*6-7H,3-5H2,1-2H3. The van der Waals surface area contributed by atoms with Gasteiger partial charge in [0, 0.05) is 13.2 Å². The third kappa shape index (κ3) is 20.3. The molecule has 40 heavy (non-hydrogen) atoms. The molecule has 0 aromatic heterocycles. The molecule has 2 aliphatic heterocycles. The fourth-order valence-electron chi connectivity index (χ4n) is 5.65. The van der Waals surface area contributed by atoms with Crippen molar-refractivity contribution < 1.29 is 9.47 Å². The third-order valence-corrected chi connectivity index (χ3v) is 9.57. The van der Waals surface area contributed by atoms with Crippen LogP contribution in [0.4, 0.5) is 0 Å². The molecule has 2 nitrogen and oxygen atoms in total. The maximum Gasteiger partial charge on any atom is 0.0547 e. The lowest BCUT2D eigenvalue weighted by Crippen LogP contribution is -2.21. The van der Waals surface area contributed by atoms with Crippen molar-refractivity contribution in [2.75, 3.05) is 13.2 Å². The van der Waals surface area contributed by atoms with E-state index in [2.05, 4.69) is 81.4 Å². The van der Waals surface area contributed by atoms with Crippen molar-refractivity contribution in [3.63, 3.8) is 0 Å². The second-order valence-electron chi connectivity index (χ2n) is 14.9. The van der Waals surface area contributed by atoms with Crippen molar-refractivity contribution in [1.29, 1.82) is 0 Å². The summed E-state index contributed by atoms with van der Waals surface area (Å²) in [4.78, 5) is 0. The lowest BCUT2D eigenvalue weighted by atomic mass is 9.84. The van der Waals surface area contributed by atoms with Crippen molar-refractivity contribution in [2.45, 2.75) is 171 Å². The molecular formula is C38H72O2. The van der Waals surface area contributed by atoms with Crippen LogP contribution in [0.25, 0.3) is 0 Å². The molecule has 5 aliphatic rings. The summed E-state index contributed by atoms with van der Waals surface area (Å²) in [6, 6.07) is 0. The lowest BCUT2D eigenvalue weighted by molar-refractivity contribution is 0.000174. The first-order valence-corrected chi connectivity index (χ1v) is 17.5. The highest BCUT2D eigenvalue weighted by atomic mass is 16.5. The Morgan fingerprint density at radius 1 is 0.425 bits per heavy atom. The Morgan fingerprint density at radius 2 is 0.750 bits per heavy atom. The summed E-state index contributed by atoms with van der Waals surface area (Å²) in [6.07, 6.45) is 25.0. The zero-order valence-electron chi connectivity index (χ0n) is 28.9. The average Bonchev–Trinajstić information content (AvgIpc) is 2.94. The van der Waals surface area contributed by atoms with Gasteiger partial charge in [0.25, 0.3) is 0 Å². The van der Waals surface area contributed by atoms with E-state index in [1.807, 2.05) is 0 Å². The van der Waals surface area contributed by atoms with Gasteiger partial charge in [-0.05, 0) is 127 Å². The highest BCUT2D eigenvalue weighted by molar-refractivity contribution is 5.02. The summed E-state index contributed by atoms with van der Waals surface area (Å²) in [5.41, 5.74) is 3.17. The summed E-state index contributed by atoms with van der Waals surface area (Å²) in [5.74, 6) is 5.52. The summed E-state index contributed by atoms with van der Waals surface area (Å²) >= 11 is 0. The van der Waals surface area contributed by atoms with Crippen molar-refractivity contribution in [1.82, 2.24) is 0 Å². The third-order valence-electron chi connectivity index (χ3n) is 9.57. The Hall–Kier alpha value is -0.600. The number of hydrogen-bond acceptors (Lipinski definition) is 2. The summed E-state index contributed by atoms with van der Waals surface area (Å²) < 4.78 is 10.8. The molecule has 6 unspecified atom stereocenters. The first kappa shape index (κ1) is 37.4. The quantitative estimate of drug-likeness (QED) is 0.274. The molecule has 0 aromatic carbocycles. The molecule has 3 aliphatic carbocycles. The normalized spacial score (nSPS) is 35.8. The molecule has 0 radical (unpaired) electrons. The van der Waals surface area contributed by atoms with E-state index in [-0.39, 0.29) is 0 Å². The molecule has 0 spiro atoms. The topological polar surface area (TPSA) is 18.5 Å². The Morgan fingerprint density at radius 3 is 0.950 bits per heavy atom. The molecule has 5 rings (SSSR count). The Balaban J connectivity index is 0.000000250. The Labute approximate surface area is 252 Å². The van der Waals surface area contributed by atoms with Crippen LogP contribution in [0.2, 0.25) is 0 Å². The Kier molecular flexibility index (Phi) is 20.6. The van der Waals surface area contributed by atoms with Gasteiger partial charge in [0.05, 0.1) is 12.2 Å². The van der Waals surface area contributed by atoms with Crippen LogP contribution >= 0.6 is 0 Å². The van der Waals surface area contributed by atoms with Gasteiger partial charge in [-0.15, -0.1) is 0 Å². The first-order valence-electron chi connectivity index (χ1n) is 17.5. The van der Waals surface area contributed by atoms with E-state index >= 15 is 0 Å². The van der Waals surface area contributed by atoms with Gasteiger partial charge in [-0.25, -0.2) is 0 Å². The molecule has 236 valence electrons. The van der Waals surface area contributed by atoms with Crippen LogP contribution in [-0.4, -0.2) is 25.4 Å². The van der Waals surface area contributed by atoms with E-state index < -0.39 is 0 Å². The van der Waals surface area contributed by atoms with Crippen LogP contribution in [0.15, 0.2) is 23.3 Å². The number of allylic oxidation sites excluding steroid dienone is 4. The molecule has 2 heteroatoms. The predicted octanol–water partition coefficient (Wildman–Crippen LogP) is 12.0. The van der Waals surface area contributed by atoms with Crippen molar-refractivity contribution in [3.8, 4) is 0 Å². The van der Waals surface area contributed by atoms with Crippen LogP contribution in [0, 0.1) is 35.5 Å². The second-order valence-corrected chi connectivity index (χ2v) is 14.9. The predicted molar refractivity (Wildman–Crippen MR) is 178 cm³/mol. The zero-order valence-corrected chi connectivity index (χ0v) is 28.9. The van der Waals surface area contributed by atoms with Crippen LogP contribution in [-0.2, 0) is 9.47 Å². The van der Waals surface area contributed by atoms with E-state index in [0.29, 0.717) is 12.2 Å². The minimum Gasteiger partial charge on any atom is -0.378 e. The van der Waals surface area contributed by atoms with Gasteiger partial charge >= 0.3 is 0 Å². The minimum absolute atomic E-state index is 0.520. The van der Waals surface area contributed by atoms with Gasteiger partial charge in [-0.2, -0.15) is 0 Å². The van der Waals surface area contributed by atoms with Crippen LogP contribution in [0.3, 0.4) is 0 Å². The summed E-state index contributed by atoms with van der Waals surface area (Å²) in [5, 5.41) is 0. The van der Waals surface area contributed by atoms with E-state index in [0.717, 1.165) is 48.7 Å². The van der Waals surface area contributed by atoms with Gasteiger partial charge < -0.3 is 9.47 Å². The Bertz CT molecular complexity index is 549. The fourth-order valence-corrected chi connectivity index (χ4v) is 5.65. The molecule has 0 N–H and O–H groups in total. The van der Waals surface area contributed by atoms with E-state index in [4.69, 9.17) is 9.47 Å². The van der Waals surface area contributed by atoms with E-state index in [1.54, 1.807) is 11.1 Å². The van der Waals surface area contributed by atoms with Crippen molar-refractivity contribution in [3.05, 3.63) is 23.3 Å². The van der Waals surface area contributed by atoms with Crippen LogP contribution in [0.5, 0.6) is 0 Å². The minimum atomic E-state index is 0.520. The summed E-state index contributed by atoms with van der Waals surface area (Å²) in [7, 11) is 0. The number of ether oxygens (including phenoxy) is 2. The monoisotopic (exact) mass is 561 g/mol. The maximum atomic E-state index is 5.39. The SMILES string of the molecule is CC1=CCC(C)CC1.CC1=CCC(C)CC1.CC1CCC(C)CC1.CC1CCC(C)OC1.CC1CCC(C)OC1. The molecule has 6 atom stereocenters. The number of rotatable bonds is 0. The second kappa shape index (κ2) is 22.0. The first-order chi connectivity index (χ1) is 18.9. The smallest absolute Gasteiger partial charge is 0.0547 e. The largest absolute Gasteiger partial charge is 0.378 e. The molecular weight excluding hydrogens is 488 g/mol. The van der Waals surface area contributed by atoms with Gasteiger partial charge in [-0.1, -0.05) is 90.5 Å². The maximum absolute atomic E-state index is 5.39. The molecule has 0 aromatic rings. The van der Waals surface area contributed by atoms with Crippen LogP contribution < -0.4 is 0 Å². The molecule has 2 heterocycles. The van der Waals surface area contributed by atoms with Gasteiger partial charge in [0.15, 0.2) is 0 Å². The highest BCUT2D eigenvalue weighted by Crippen LogP contribution is 2.27. The van der Waals surface area contributed by atoms with Gasteiger partial charge in [0.2, 0.25) is 0 Å². The molecule has 3 fully saturated rings. The zero-order chi connectivity index (χ0) is 29.9. The van der Waals surface area contributed by atoms with Crippen molar-refractivity contribution >= 4 is 0 Å². The van der Waals surface area contributed by atoms with E-state index in [1.165, 1.54) is 89.9 Å².